The van der Waals surface area contributed by atoms with Gasteiger partial charge in [0.05, 0.1) is 6.61 Å². The van der Waals surface area contributed by atoms with Crippen molar-refractivity contribution in [3.63, 3.8) is 0 Å². The molecule has 2 atom stereocenters. The summed E-state index contributed by atoms with van der Waals surface area (Å²) >= 11 is 0. The van der Waals surface area contributed by atoms with Gasteiger partial charge >= 0.3 is 0 Å². The number of ether oxygens (including phenoxy) is 1. The Labute approximate surface area is 114 Å². The Morgan fingerprint density at radius 2 is 1.95 bits per heavy atom. The summed E-state index contributed by atoms with van der Waals surface area (Å²) in [4.78, 5) is 5.55. The Hall–Kier alpha value is -1.14. The lowest BCUT2D eigenvalue weighted by Crippen LogP contribution is -2.42. The summed E-state index contributed by atoms with van der Waals surface area (Å²) in [6, 6.07) is 10.3. The van der Waals surface area contributed by atoms with Crippen LogP contribution in [0.5, 0.6) is 0 Å². The zero-order valence-electron chi connectivity index (χ0n) is 11.5. The van der Waals surface area contributed by atoms with Crippen molar-refractivity contribution in [3.05, 3.63) is 47.7 Å². The van der Waals surface area contributed by atoms with E-state index in [0.29, 0.717) is 6.61 Å². The van der Waals surface area contributed by atoms with Crippen LogP contribution in [0.3, 0.4) is 0 Å². The molecule has 1 aromatic carbocycles. The minimum absolute atomic E-state index is 0.0219. The minimum Gasteiger partial charge on any atom is -0.388 e. The second-order valence-electron chi connectivity index (χ2n) is 5.87. The van der Waals surface area contributed by atoms with E-state index in [0.717, 1.165) is 11.1 Å². The minimum atomic E-state index is -1.70. The lowest BCUT2D eigenvalue weighted by molar-refractivity contribution is -0.305. The lowest BCUT2D eigenvalue weighted by atomic mass is 10.0. The average molecular weight is 277 g/mol. The molecule has 0 radical (unpaired) electrons. The summed E-state index contributed by atoms with van der Waals surface area (Å²) in [6.45, 7) is 7.03. The molecule has 0 amide bonds. The monoisotopic (exact) mass is 277 g/mol. The molecule has 0 N–H and O–H groups in total. The normalized spacial score (nSPS) is 27.0. The van der Waals surface area contributed by atoms with Gasteiger partial charge in [0.25, 0.3) is 0 Å². The Morgan fingerprint density at radius 3 is 2.63 bits per heavy atom. The number of nitrogens with zero attached hydrogens (tertiary/aromatic N) is 1. The first kappa shape index (κ1) is 12.9. The van der Waals surface area contributed by atoms with Gasteiger partial charge in [-0.15, -0.1) is 0 Å². The smallest absolute Gasteiger partial charge is 0.216 e. The van der Waals surface area contributed by atoms with E-state index in [2.05, 4.69) is 31.8 Å². The molecule has 5 heteroatoms. The van der Waals surface area contributed by atoms with Gasteiger partial charge in [-0.2, -0.15) is 0 Å². The van der Waals surface area contributed by atoms with Gasteiger partial charge in [-0.25, -0.2) is 0 Å². The van der Waals surface area contributed by atoms with E-state index in [4.69, 9.17) is 14.1 Å². The molecule has 0 aliphatic carbocycles. The number of hydroxylamine groups is 2. The molecular weight excluding hydrogens is 258 g/mol. The molecule has 1 aromatic rings. The second-order valence-corrected chi connectivity index (χ2v) is 10.3. The largest absolute Gasteiger partial charge is 0.388 e. The van der Waals surface area contributed by atoms with E-state index in [-0.39, 0.29) is 12.1 Å². The maximum absolute atomic E-state index is 5.98. The van der Waals surface area contributed by atoms with Crippen molar-refractivity contribution >= 4 is 8.32 Å². The highest BCUT2D eigenvalue weighted by atomic mass is 28.4. The first-order chi connectivity index (χ1) is 9.04. The molecule has 19 heavy (non-hydrogen) atoms. The molecule has 4 nitrogen and oxygen atoms in total. The van der Waals surface area contributed by atoms with E-state index in [9.17, 15) is 0 Å². The Bertz CT molecular complexity index is 483. The highest BCUT2D eigenvalue weighted by molar-refractivity contribution is 6.69. The molecule has 102 valence electrons. The van der Waals surface area contributed by atoms with Crippen LogP contribution in [0.1, 0.15) is 11.7 Å². The van der Waals surface area contributed by atoms with E-state index >= 15 is 0 Å². The van der Waals surface area contributed by atoms with Crippen LogP contribution in [-0.4, -0.2) is 26.2 Å². The number of hydrogen-bond acceptors (Lipinski definition) is 4. The highest BCUT2D eigenvalue weighted by Gasteiger charge is 2.45. The van der Waals surface area contributed by atoms with Crippen molar-refractivity contribution in [3.8, 4) is 0 Å². The SMILES string of the molecule is C[Si](C)(C)ON1OC=C2COC(c3ccccc3)C21. The van der Waals surface area contributed by atoms with Gasteiger partial charge in [0.15, 0.2) is 0 Å². The molecule has 0 aromatic heterocycles. The van der Waals surface area contributed by atoms with Gasteiger partial charge < -0.3 is 14.1 Å². The van der Waals surface area contributed by atoms with Crippen LogP contribution in [0.4, 0.5) is 0 Å². The van der Waals surface area contributed by atoms with Crippen LogP contribution in [-0.2, 0) is 14.1 Å². The van der Waals surface area contributed by atoms with Gasteiger partial charge in [-0.3, -0.25) is 0 Å². The van der Waals surface area contributed by atoms with Gasteiger partial charge in [-0.1, -0.05) is 30.3 Å². The summed E-state index contributed by atoms with van der Waals surface area (Å²) < 4.78 is 11.9. The molecule has 0 bridgehead atoms. The number of rotatable bonds is 3. The fraction of sp³-hybridized carbons (Fsp3) is 0.429. The highest BCUT2D eigenvalue weighted by Crippen LogP contribution is 2.40. The number of hydrogen-bond donors (Lipinski definition) is 0. The van der Waals surface area contributed by atoms with Crippen molar-refractivity contribution in [2.45, 2.75) is 31.8 Å². The van der Waals surface area contributed by atoms with E-state index in [1.54, 1.807) is 11.5 Å². The van der Waals surface area contributed by atoms with Crippen LogP contribution in [0.2, 0.25) is 19.6 Å². The van der Waals surface area contributed by atoms with Gasteiger partial charge in [-0.05, 0) is 30.4 Å². The predicted octanol–water partition coefficient (Wildman–Crippen LogP) is 3.02. The van der Waals surface area contributed by atoms with E-state index < -0.39 is 8.32 Å². The van der Waals surface area contributed by atoms with Crippen LogP contribution in [0.15, 0.2) is 42.2 Å². The van der Waals surface area contributed by atoms with Crippen molar-refractivity contribution < 1.29 is 14.1 Å². The van der Waals surface area contributed by atoms with Gasteiger partial charge in [0.2, 0.25) is 8.32 Å². The lowest BCUT2D eigenvalue weighted by Gasteiger charge is -2.30. The third kappa shape index (κ3) is 2.60. The zero-order chi connectivity index (χ0) is 13.5. The van der Waals surface area contributed by atoms with Crippen LogP contribution in [0.25, 0.3) is 0 Å². The molecule has 2 heterocycles. The first-order valence-electron chi connectivity index (χ1n) is 6.55. The number of benzene rings is 1. The Balaban J connectivity index is 1.82. The summed E-state index contributed by atoms with van der Waals surface area (Å²) in [5, 5.41) is 1.63. The standard InChI is InChI=1S/C14H19NO3Si/c1-19(2,3)18-15-13-12(10-17-15)9-16-14(13)11-7-5-4-6-8-11/h4-8,10,13-14H,9H2,1-3H3. The summed E-state index contributed by atoms with van der Waals surface area (Å²) in [7, 11) is -1.70. The molecule has 3 rings (SSSR count). The van der Waals surface area contributed by atoms with Crippen LogP contribution in [0, 0.1) is 0 Å². The average Bonchev–Trinajstić information content (AvgIpc) is 2.92. The molecule has 0 saturated carbocycles. The zero-order valence-corrected chi connectivity index (χ0v) is 12.5. The van der Waals surface area contributed by atoms with Crippen LogP contribution < -0.4 is 0 Å². The topological polar surface area (TPSA) is 30.9 Å². The van der Waals surface area contributed by atoms with E-state index in [1.807, 2.05) is 18.2 Å². The van der Waals surface area contributed by atoms with Crippen LogP contribution >= 0.6 is 0 Å². The predicted molar refractivity (Wildman–Crippen MR) is 74.4 cm³/mol. The maximum Gasteiger partial charge on any atom is 0.216 e. The summed E-state index contributed by atoms with van der Waals surface area (Å²) in [6.07, 6.45) is 1.74. The van der Waals surface area contributed by atoms with Gasteiger partial charge in [0.1, 0.15) is 18.4 Å². The number of fused-ring (bicyclic) bond motifs is 1. The van der Waals surface area contributed by atoms with Gasteiger partial charge in [0, 0.05) is 5.57 Å². The Morgan fingerprint density at radius 1 is 1.21 bits per heavy atom. The third-order valence-corrected chi connectivity index (χ3v) is 3.85. The van der Waals surface area contributed by atoms with Crippen molar-refractivity contribution in [2.75, 3.05) is 6.61 Å². The van der Waals surface area contributed by atoms with Crippen molar-refractivity contribution in [2.24, 2.45) is 0 Å². The molecule has 2 unspecified atom stereocenters. The quantitative estimate of drug-likeness (QED) is 0.795. The molecule has 1 fully saturated rings. The van der Waals surface area contributed by atoms with E-state index in [1.165, 1.54) is 0 Å². The molecule has 0 spiro atoms. The maximum atomic E-state index is 5.98. The van der Waals surface area contributed by atoms with Crippen molar-refractivity contribution in [1.82, 2.24) is 5.23 Å². The first-order valence-corrected chi connectivity index (χ1v) is 9.96. The molecule has 2 aliphatic rings. The third-order valence-electron chi connectivity index (χ3n) is 3.12. The fourth-order valence-corrected chi connectivity index (χ4v) is 3.06. The molecule has 1 saturated heterocycles. The molecular formula is C14H19NO3Si. The fourth-order valence-electron chi connectivity index (χ4n) is 2.36. The van der Waals surface area contributed by atoms with Crippen molar-refractivity contribution in [1.29, 1.82) is 0 Å². The summed E-state index contributed by atoms with van der Waals surface area (Å²) in [5.41, 5.74) is 2.30. The Kier molecular flexibility index (Phi) is 3.22. The summed E-state index contributed by atoms with van der Waals surface area (Å²) in [5.74, 6) is 0. The second kappa shape index (κ2) is 4.75. The molecule has 2 aliphatic heterocycles.